The summed E-state index contributed by atoms with van der Waals surface area (Å²) in [6, 6.07) is 9.62. The Kier molecular flexibility index (Phi) is 4.73. The zero-order valence-electron chi connectivity index (χ0n) is 18.0. The van der Waals surface area contributed by atoms with E-state index in [1.165, 1.54) is 4.90 Å². The molecule has 1 fully saturated rings. The summed E-state index contributed by atoms with van der Waals surface area (Å²) in [5.74, 6) is 0.403. The Morgan fingerprint density at radius 2 is 1.94 bits per heavy atom. The molecule has 1 aromatic heterocycles. The van der Waals surface area contributed by atoms with E-state index in [1.54, 1.807) is 19.1 Å². The van der Waals surface area contributed by atoms with Crippen molar-refractivity contribution in [3.63, 3.8) is 0 Å². The zero-order valence-corrected chi connectivity index (χ0v) is 18.8. The molecule has 172 valence electrons. The van der Waals surface area contributed by atoms with Gasteiger partial charge in [0.25, 0.3) is 11.8 Å². The topological polar surface area (TPSA) is 123 Å². The Hall–Kier alpha value is -3.99. The molecule has 10 nitrogen and oxygen atoms in total. The van der Waals surface area contributed by atoms with E-state index in [1.807, 2.05) is 24.3 Å². The summed E-state index contributed by atoms with van der Waals surface area (Å²) in [4.78, 5) is 41.3. The number of aryl methyl sites for hydroxylation is 1. The van der Waals surface area contributed by atoms with Gasteiger partial charge < -0.3 is 25.0 Å². The minimum Gasteiger partial charge on any atom is -0.454 e. The van der Waals surface area contributed by atoms with Gasteiger partial charge in [0, 0.05) is 6.54 Å². The molecule has 0 bridgehead atoms. The van der Waals surface area contributed by atoms with E-state index in [0.717, 1.165) is 22.7 Å². The second kappa shape index (κ2) is 7.80. The highest BCUT2D eigenvalue weighted by Gasteiger charge is 2.45. The van der Waals surface area contributed by atoms with Crippen molar-refractivity contribution in [3.8, 4) is 22.6 Å². The number of carbonyl (C=O) groups is 3. The highest BCUT2D eigenvalue weighted by molar-refractivity contribution is 7.08. The van der Waals surface area contributed by atoms with Crippen LogP contribution in [-0.4, -0.2) is 57.6 Å². The maximum Gasteiger partial charge on any atom is 0.265 e. The van der Waals surface area contributed by atoms with Crippen LogP contribution >= 0.6 is 11.5 Å². The lowest BCUT2D eigenvalue weighted by Gasteiger charge is -2.24. The summed E-state index contributed by atoms with van der Waals surface area (Å²) in [5, 5.41) is 9.64. The lowest BCUT2D eigenvalue weighted by Crippen LogP contribution is -2.51. The number of ether oxygens (including phenoxy) is 2. The minimum absolute atomic E-state index is 0.181. The second-order valence-corrected chi connectivity index (χ2v) is 9.07. The fraction of sp³-hybridized carbons (Fsp3) is 0.261. The number of rotatable bonds is 3. The van der Waals surface area contributed by atoms with Crippen LogP contribution in [0.15, 0.2) is 36.4 Å². The summed E-state index contributed by atoms with van der Waals surface area (Å²) < 4.78 is 14.6. The van der Waals surface area contributed by atoms with Crippen LogP contribution in [0.1, 0.15) is 32.1 Å². The molecule has 3 aromatic rings. The first-order valence-corrected chi connectivity index (χ1v) is 11.5. The number of nitrogens with zero attached hydrogens (tertiary/aromatic N) is 3. The quantitative estimate of drug-likeness (QED) is 0.593. The summed E-state index contributed by atoms with van der Waals surface area (Å²) in [5.41, 5.74) is 3.06. The van der Waals surface area contributed by atoms with Crippen LogP contribution in [0.25, 0.3) is 11.1 Å². The number of nitrogens with one attached hydrogen (secondary N) is 2. The summed E-state index contributed by atoms with van der Waals surface area (Å²) in [6.45, 7) is 2.24. The molecular formula is C23H19N5O5S. The molecular weight excluding hydrogens is 458 g/mol. The average molecular weight is 478 g/mol. The molecule has 34 heavy (non-hydrogen) atoms. The largest absolute Gasteiger partial charge is 0.454 e. The third-order valence-corrected chi connectivity index (χ3v) is 7.14. The van der Waals surface area contributed by atoms with Gasteiger partial charge in [-0.05, 0) is 60.3 Å². The van der Waals surface area contributed by atoms with Gasteiger partial charge in [0.1, 0.15) is 10.9 Å². The van der Waals surface area contributed by atoms with E-state index in [0.29, 0.717) is 46.3 Å². The standard InChI is InChI=1S/C23H19N5O5S/c1-11-20(34-27-26-11)22(30)25-16-6-7-28-19(16)21(29)24-15-4-2-12(8-14(15)23(28)31)13-3-5-17-18(9-13)33-10-32-17/h2-5,8-9,16,19H,6-7,10H2,1H3,(H,24,29)(H,25,30)/t16-,19+/m1/s1. The SMILES string of the molecule is Cc1nnsc1C(=O)N[C@@H]1CCN2C(=O)c3cc(-c4ccc5c(c4)OCO5)ccc3NC(=O)[C@H]12. The molecule has 1 saturated heterocycles. The third-order valence-electron chi connectivity index (χ3n) is 6.32. The lowest BCUT2D eigenvalue weighted by atomic mass is 10.0. The Labute approximate surface area is 198 Å². The van der Waals surface area contributed by atoms with Gasteiger partial charge in [-0.3, -0.25) is 14.4 Å². The highest BCUT2D eigenvalue weighted by Crippen LogP contribution is 2.38. The van der Waals surface area contributed by atoms with Crippen molar-refractivity contribution in [2.75, 3.05) is 18.7 Å². The second-order valence-electron chi connectivity index (χ2n) is 8.32. The number of hydrogen-bond donors (Lipinski definition) is 2. The predicted molar refractivity (Wildman–Crippen MR) is 122 cm³/mol. The van der Waals surface area contributed by atoms with E-state index >= 15 is 0 Å². The van der Waals surface area contributed by atoms with E-state index in [-0.39, 0.29) is 24.5 Å². The maximum atomic E-state index is 13.5. The molecule has 2 N–H and O–H groups in total. The highest BCUT2D eigenvalue weighted by atomic mass is 32.1. The first kappa shape index (κ1) is 20.6. The van der Waals surface area contributed by atoms with Gasteiger partial charge in [0.15, 0.2) is 11.5 Å². The van der Waals surface area contributed by atoms with Crippen molar-refractivity contribution in [2.45, 2.75) is 25.4 Å². The molecule has 2 aromatic carbocycles. The number of carbonyl (C=O) groups excluding carboxylic acids is 3. The number of hydrogen-bond acceptors (Lipinski definition) is 8. The van der Waals surface area contributed by atoms with Crippen LogP contribution < -0.4 is 20.1 Å². The fourth-order valence-electron chi connectivity index (χ4n) is 4.62. The van der Waals surface area contributed by atoms with Crippen LogP contribution in [0, 0.1) is 6.92 Å². The first-order valence-electron chi connectivity index (χ1n) is 10.8. The van der Waals surface area contributed by atoms with Gasteiger partial charge >= 0.3 is 0 Å². The molecule has 11 heteroatoms. The van der Waals surface area contributed by atoms with E-state index in [2.05, 4.69) is 20.2 Å². The number of amides is 3. The van der Waals surface area contributed by atoms with E-state index in [4.69, 9.17) is 9.47 Å². The number of anilines is 1. The Bertz CT molecular complexity index is 1360. The zero-order chi connectivity index (χ0) is 23.4. The number of benzene rings is 2. The number of aromatic nitrogens is 2. The molecule has 0 radical (unpaired) electrons. The Balaban J connectivity index is 1.29. The van der Waals surface area contributed by atoms with Gasteiger partial charge in [0.05, 0.1) is 23.0 Å². The lowest BCUT2D eigenvalue weighted by molar-refractivity contribution is -0.120. The Morgan fingerprint density at radius 3 is 2.76 bits per heavy atom. The molecule has 2 atom stereocenters. The molecule has 4 heterocycles. The van der Waals surface area contributed by atoms with Crippen molar-refractivity contribution >= 4 is 34.9 Å². The molecule has 0 saturated carbocycles. The fourth-order valence-corrected chi connectivity index (χ4v) is 5.18. The predicted octanol–water partition coefficient (Wildman–Crippen LogP) is 2.21. The molecule has 3 amide bonds. The van der Waals surface area contributed by atoms with Crippen LogP contribution in [0.4, 0.5) is 5.69 Å². The first-order chi connectivity index (χ1) is 16.5. The average Bonchev–Trinajstić information content (AvgIpc) is 3.56. The monoisotopic (exact) mass is 477 g/mol. The normalized spacial score (nSPS) is 20.4. The molecule has 3 aliphatic heterocycles. The van der Waals surface area contributed by atoms with Crippen molar-refractivity contribution < 1.29 is 23.9 Å². The van der Waals surface area contributed by atoms with Crippen molar-refractivity contribution in [1.29, 1.82) is 0 Å². The van der Waals surface area contributed by atoms with Crippen LogP contribution in [0.5, 0.6) is 11.5 Å². The third kappa shape index (κ3) is 3.27. The summed E-state index contributed by atoms with van der Waals surface area (Å²) >= 11 is 1.00. The van der Waals surface area contributed by atoms with Crippen molar-refractivity contribution in [2.24, 2.45) is 0 Å². The van der Waals surface area contributed by atoms with Gasteiger partial charge in [-0.1, -0.05) is 16.6 Å². The summed E-state index contributed by atoms with van der Waals surface area (Å²) in [7, 11) is 0. The van der Waals surface area contributed by atoms with E-state index in [9.17, 15) is 14.4 Å². The number of fused-ring (bicyclic) bond motifs is 3. The molecule has 0 aliphatic carbocycles. The van der Waals surface area contributed by atoms with Gasteiger partial charge in [-0.25, -0.2) is 0 Å². The smallest absolute Gasteiger partial charge is 0.265 e. The van der Waals surface area contributed by atoms with Gasteiger partial charge in [-0.15, -0.1) is 5.10 Å². The van der Waals surface area contributed by atoms with Gasteiger partial charge in [0.2, 0.25) is 12.7 Å². The summed E-state index contributed by atoms with van der Waals surface area (Å²) in [6.07, 6.45) is 0.470. The minimum atomic E-state index is -0.806. The van der Waals surface area contributed by atoms with Crippen LogP contribution in [0.3, 0.4) is 0 Å². The van der Waals surface area contributed by atoms with Gasteiger partial charge in [-0.2, -0.15) is 0 Å². The van der Waals surface area contributed by atoms with Crippen LogP contribution in [-0.2, 0) is 4.79 Å². The molecule has 0 spiro atoms. The maximum absolute atomic E-state index is 13.5. The van der Waals surface area contributed by atoms with Crippen molar-refractivity contribution in [1.82, 2.24) is 19.8 Å². The molecule has 0 unspecified atom stereocenters. The van der Waals surface area contributed by atoms with Crippen LogP contribution in [0.2, 0.25) is 0 Å². The molecule has 6 rings (SSSR count). The Morgan fingerprint density at radius 1 is 1.15 bits per heavy atom. The molecule has 3 aliphatic rings. The van der Waals surface area contributed by atoms with Crippen molar-refractivity contribution in [3.05, 3.63) is 52.5 Å². The van der Waals surface area contributed by atoms with E-state index < -0.39 is 12.1 Å².